The highest BCUT2D eigenvalue weighted by atomic mass is 35.5. The molecule has 0 spiro atoms. The third-order valence-electron chi connectivity index (χ3n) is 2.85. The summed E-state index contributed by atoms with van der Waals surface area (Å²) in [4.78, 5) is 13.9. The Bertz CT molecular complexity index is 510. The number of ether oxygens (including phenoxy) is 1. The second kappa shape index (κ2) is 5.38. The van der Waals surface area contributed by atoms with Gasteiger partial charge in [-0.25, -0.2) is 0 Å². The van der Waals surface area contributed by atoms with E-state index >= 15 is 0 Å². The Labute approximate surface area is 111 Å². The lowest BCUT2D eigenvalue weighted by Gasteiger charge is -2.30. The summed E-state index contributed by atoms with van der Waals surface area (Å²) in [6, 6.07) is 7.34. The van der Waals surface area contributed by atoms with Crippen molar-refractivity contribution >= 4 is 17.5 Å². The van der Waals surface area contributed by atoms with Crippen molar-refractivity contribution in [2.24, 2.45) is 0 Å². The van der Waals surface area contributed by atoms with Gasteiger partial charge in [0, 0.05) is 6.54 Å². The summed E-state index contributed by atoms with van der Waals surface area (Å²) in [7, 11) is 0. The van der Waals surface area contributed by atoms with E-state index in [-0.39, 0.29) is 5.91 Å². The molecule has 5 heteroatoms. The molecule has 0 bridgehead atoms. The maximum atomic E-state index is 12.3. The summed E-state index contributed by atoms with van der Waals surface area (Å²) < 4.78 is 5.20. The fourth-order valence-electron chi connectivity index (χ4n) is 1.88. The topological polar surface area (TPSA) is 53.3 Å². The third kappa shape index (κ3) is 2.63. The van der Waals surface area contributed by atoms with Gasteiger partial charge >= 0.3 is 0 Å². The molecule has 1 aromatic rings. The second-order valence-electron chi connectivity index (χ2n) is 4.22. The van der Waals surface area contributed by atoms with Crippen molar-refractivity contribution in [2.45, 2.75) is 13.0 Å². The number of nitrogens with zero attached hydrogens (tertiary/aromatic N) is 2. The van der Waals surface area contributed by atoms with Gasteiger partial charge in [-0.2, -0.15) is 5.26 Å². The van der Waals surface area contributed by atoms with Gasteiger partial charge in [-0.1, -0.05) is 17.7 Å². The van der Waals surface area contributed by atoms with Crippen molar-refractivity contribution in [3.05, 3.63) is 34.3 Å². The minimum absolute atomic E-state index is 0.149. The van der Waals surface area contributed by atoms with Gasteiger partial charge in [0.05, 0.1) is 29.8 Å². The molecule has 0 saturated carbocycles. The van der Waals surface area contributed by atoms with Gasteiger partial charge in [-0.15, -0.1) is 0 Å². The van der Waals surface area contributed by atoms with Crippen LogP contribution in [-0.2, 0) is 4.74 Å². The van der Waals surface area contributed by atoms with Crippen LogP contribution < -0.4 is 0 Å². The molecule has 1 atom stereocenters. The number of hydrogen-bond donors (Lipinski definition) is 0. The molecular weight excluding hydrogens is 252 g/mol. The lowest BCUT2D eigenvalue weighted by atomic mass is 10.1. The minimum Gasteiger partial charge on any atom is -0.360 e. The maximum absolute atomic E-state index is 12.3. The standard InChI is InChI=1S/C13H13ClN2O2/c1-9-2-3-11(12(14)6-9)13(17)16-4-5-18-10(7-15)8-16/h2-3,6,10H,4-5,8H2,1H3. The number of morpholine rings is 1. The average Bonchev–Trinajstić information content (AvgIpc) is 2.38. The number of hydrogen-bond acceptors (Lipinski definition) is 3. The first-order valence-corrected chi connectivity index (χ1v) is 6.06. The van der Waals surface area contributed by atoms with Crippen LogP contribution in [0.25, 0.3) is 0 Å². The molecule has 1 aliphatic rings. The summed E-state index contributed by atoms with van der Waals surface area (Å²) >= 11 is 6.07. The predicted molar refractivity (Wildman–Crippen MR) is 67.4 cm³/mol. The fraction of sp³-hybridized carbons (Fsp3) is 0.385. The Balaban J connectivity index is 2.18. The highest BCUT2D eigenvalue weighted by Crippen LogP contribution is 2.20. The predicted octanol–water partition coefficient (Wildman–Crippen LogP) is 2.01. The summed E-state index contributed by atoms with van der Waals surface area (Å²) in [6.07, 6.45) is -0.549. The smallest absolute Gasteiger partial charge is 0.255 e. The van der Waals surface area contributed by atoms with Crippen LogP contribution in [0.5, 0.6) is 0 Å². The van der Waals surface area contributed by atoms with Crippen molar-refractivity contribution in [1.29, 1.82) is 5.26 Å². The van der Waals surface area contributed by atoms with Gasteiger partial charge in [0.1, 0.15) is 0 Å². The first-order chi connectivity index (χ1) is 8.61. The summed E-state index contributed by atoms with van der Waals surface area (Å²) in [6.45, 7) is 3.08. The van der Waals surface area contributed by atoms with Crippen LogP contribution in [0.1, 0.15) is 15.9 Å². The van der Waals surface area contributed by atoms with Gasteiger partial charge in [-0.3, -0.25) is 4.79 Å². The number of benzene rings is 1. The molecule has 1 aromatic carbocycles. The first-order valence-electron chi connectivity index (χ1n) is 5.68. The van der Waals surface area contributed by atoms with Crippen LogP contribution in [0, 0.1) is 18.3 Å². The monoisotopic (exact) mass is 264 g/mol. The Kier molecular flexibility index (Phi) is 3.85. The fourth-order valence-corrected chi connectivity index (χ4v) is 2.19. The minimum atomic E-state index is -0.549. The molecule has 0 aliphatic carbocycles. The van der Waals surface area contributed by atoms with Crippen LogP contribution >= 0.6 is 11.6 Å². The van der Waals surface area contributed by atoms with Crippen molar-refractivity contribution in [3.8, 4) is 6.07 Å². The van der Waals surface area contributed by atoms with Crippen LogP contribution in [0.3, 0.4) is 0 Å². The Morgan fingerprint density at radius 1 is 1.61 bits per heavy atom. The molecule has 1 saturated heterocycles. The summed E-state index contributed by atoms with van der Waals surface area (Å²) in [5.74, 6) is -0.149. The molecular formula is C13H13ClN2O2. The largest absolute Gasteiger partial charge is 0.360 e. The first kappa shape index (κ1) is 12.9. The lowest BCUT2D eigenvalue weighted by Crippen LogP contribution is -2.45. The second-order valence-corrected chi connectivity index (χ2v) is 4.63. The highest BCUT2D eigenvalue weighted by Gasteiger charge is 2.25. The molecule has 1 fully saturated rings. The van der Waals surface area contributed by atoms with Gasteiger partial charge in [0.2, 0.25) is 0 Å². The van der Waals surface area contributed by atoms with Crippen molar-refractivity contribution in [2.75, 3.05) is 19.7 Å². The van der Waals surface area contributed by atoms with E-state index in [1.165, 1.54) is 0 Å². The molecule has 18 heavy (non-hydrogen) atoms. The molecule has 1 amide bonds. The molecule has 2 rings (SSSR count). The van der Waals surface area contributed by atoms with E-state index in [2.05, 4.69) is 0 Å². The number of carbonyl (C=O) groups is 1. The quantitative estimate of drug-likeness (QED) is 0.780. The molecule has 0 N–H and O–H groups in total. The average molecular weight is 265 g/mol. The van der Waals surface area contributed by atoms with E-state index in [0.29, 0.717) is 30.3 Å². The van der Waals surface area contributed by atoms with Crippen molar-refractivity contribution in [3.63, 3.8) is 0 Å². The van der Waals surface area contributed by atoms with Crippen molar-refractivity contribution < 1.29 is 9.53 Å². The molecule has 94 valence electrons. The van der Waals surface area contributed by atoms with Crippen LogP contribution in [-0.4, -0.2) is 36.6 Å². The number of nitriles is 1. The van der Waals surface area contributed by atoms with Gasteiger partial charge < -0.3 is 9.64 Å². The third-order valence-corrected chi connectivity index (χ3v) is 3.17. The van der Waals surface area contributed by atoms with Crippen LogP contribution in [0.2, 0.25) is 5.02 Å². The number of halogens is 1. The van der Waals surface area contributed by atoms with Crippen LogP contribution in [0.4, 0.5) is 0 Å². The summed E-state index contributed by atoms with van der Waals surface area (Å²) in [5, 5.41) is 9.26. The normalized spacial score (nSPS) is 19.4. The van der Waals surface area contributed by atoms with E-state index < -0.39 is 6.10 Å². The molecule has 1 aliphatic heterocycles. The lowest BCUT2D eigenvalue weighted by molar-refractivity contribution is 0.00347. The van der Waals surface area contributed by atoms with E-state index in [1.807, 2.05) is 19.1 Å². The number of aryl methyl sites for hydroxylation is 1. The zero-order chi connectivity index (χ0) is 13.1. The van der Waals surface area contributed by atoms with E-state index in [1.54, 1.807) is 17.0 Å². The van der Waals surface area contributed by atoms with E-state index in [4.69, 9.17) is 21.6 Å². The maximum Gasteiger partial charge on any atom is 0.255 e. The number of amides is 1. The SMILES string of the molecule is Cc1ccc(C(=O)N2CCOC(C#N)C2)c(Cl)c1. The number of rotatable bonds is 1. The van der Waals surface area contributed by atoms with E-state index in [0.717, 1.165) is 5.56 Å². The molecule has 4 nitrogen and oxygen atoms in total. The Morgan fingerprint density at radius 2 is 2.39 bits per heavy atom. The molecule has 1 heterocycles. The molecule has 0 aromatic heterocycles. The zero-order valence-electron chi connectivity index (χ0n) is 10.0. The number of carbonyl (C=O) groups excluding carboxylic acids is 1. The Morgan fingerprint density at radius 3 is 3.06 bits per heavy atom. The van der Waals surface area contributed by atoms with Gasteiger partial charge in [0.15, 0.2) is 6.10 Å². The zero-order valence-corrected chi connectivity index (χ0v) is 10.8. The van der Waals surface area contributed by atoms with Crippen molar-refractivity contribution in [1.82, 2.24) is 4.90 Å². The van der Waals surface area contributed by atoms with E-state index in [9.17, 15) is 4.79 Å². The van der Waals surface area contributed by atoms with Gasteiger partial charge in [0.25, 0.3) is 5.91 Å². The van der Waals surface area contributed by atoms with Crippen LogP contribution in [0.15, 0.2) is 18.2 Å². The summed E-state index contributed by atoms with van der Waals surface area (Å²) in [5.41, 5.74) is 1.48. The highest BCUT2D eigenvalue weighted by molar-refractivity contribution is 6.33. The van der Waals surface area contributed by atoms with Gasteiger partial charge in [-0.05, 0) is 24.6 Å². The molecule has 0 radical (unpaired) electrons. The Hall–Kier alpha value is -1.57. The molecule has 1 unspecified atom stereocenters.